The minimum Gasteiger partial charge on any atom is -0.365 e. The van der Waals surface area contributed by atoms with E-state index in [1.165, 1.54) is 6.82 Å². The summed E-state index contributed by atoms with van der Waals surface area (Å²) in [6.07, 6.45) is 0. The largest absolute Gasteiger partial charge is 0.365 e. The Kier molecular flexibility index (Phi) is 45.6. The Labute approximate surface area is 79.5 Å². The lowest BCUT2D eigenvalue weighted by Crippen LogP contribution is -2.23. The Morgan fingerprint density at radius 3 is 1.25 bits per heavy atom. The summed E-state index contributed by atoms with van der Waals surface area (Å²) in [5, 5.41) is 4.85. The number of nitrogens with one attached hydrogen (secondary N) is 2. The van der Waals surface area contributed by atoms with Crippen LogP contribution < -0.4 is 21.9 Å². The Morgan fingerprint density at radius 2 is 1.17 bits per heavy atom. The highest BCUT2D eigenvalue weighted by atomic mass is 14.8. The first-order valence-electron chi connectivity index (χ1n) is 3.68. The molecule has 6 radical (unpaired) electrons. The van der Waals surface area contributed by atoms with Gasteiger partial charge in [0, 0.05) is 13.1 Å². The van der Waals surface area contributed by atoms with Crippen LogP contribution >= 0.6 is 0 Å². The van der Waals surface area contributed by atoms with Gasteiger partial charge < -0.3 is 21.9 Å². The van der Waals surface area contributed by atoms with E-state index < -0.39 is 0 Å². The highest BCUT2D eigenvalue weighted by Crippen LogP contribution is 1.43. The number of hydrogen-bond donors (Lipinski definition) is 4. The van der Waals surface area contributed by atoms with Crippen LogP contribution in [-0.2, 0) is 0 Å². The molecular weight excluding hydrogens is 149 g/mol. The third-order valence-corrected chi connectivity index (χ3v) is 0.580. The van der Waals surface area contributed by atoms with Gasteiger partial charge in [-0.15, -0.1) is 0 Å². The zero-order chi connectivity index (χ0) is 10.2. The molecule has 0 rings (SSSR count). The molecule has 0 unspecified atom stereocenters. The molecule has 0 spiro atoms. The molecule has 0 aliphatic carbocycles. The number of hydrogen-bond acceptors (Lipinski definition) is 4. The van der Waals surface area contributed by atoms with Crippen LogP contribution in [0.3, 0.4) is 0 Å². The molecule has 0 heterocycles. The van der Waals surface area contributed by atoms with Crippen molar-refractivity contribution in [3.8, 4) is 0 Å². The van der Waals surface area contributed by atoms with Crippen molar-refractivity contribution in [1.29, 1.82) is 0 Å². The Hall–Kier alpha value is 0.0348. The van der Waals surface area contributed by atoms with Crippen molar-refractivity contribution in [2.24, 2.45) is 11.5 Å². The first kappa shape index (κ1) is 18.0. The average molecular weight is 166 g/mol. The molecule has 0 fully saturated rings. The van der Waals surface area contributed by atoms with Gasteiger partial charge in [0.05, 0.1) is 7.85 Å². The predicted molar refractivity (Wildman–Crippen MR) is 57.2 cm³/mol. The quantitative estimate of drug-likeness (QED) is 0.273. The minimum atomic E-state index is 0.597. The molecule has 0 saturated heterocycles. The molecule has 7 heteroatoms. The van der Waals surface area contributed by atoms with Crippen LogP contribution in [0.5, 0.6) is 0 Å². The molecule has 0 aliphatic heterocycles. The molecule has 0 aromatic rings. The van der Waals surface area contributed by atoms with Gasteiger partial charge in [-0.2, -0.15) is 0 Å². The molecule has 0 saturated carbocycles. The fourth-order valence-electron chi connectivity index (χ4n) is 0.144. The second kappa shape index (κ2) is 30.5. The second-order valence-corrected chi connectivity index (χ2v) is 1.49. The van der Waals surface area contributed by atoms with Crippen LogP contribution in [0.1, 0.15) is 0 Å². The lowest BCUT2D eigenvalue weighted by atomic mass is 10.2. The van der Waals surface area contributed by atoms with E-state index in [2.05, 4.69) is 18.3 Å². The standard InChI is InChI=1S/C2H6B2N2.C2H8N2.CH3B/c3-5-1-2-6-4;3-1-2-4;1-2/h5-6H,1-2H2;1-4H2;1H3. The molecule has 0 aromatic heterocycles. The summed E-state index contributed by atoms with van der Waals surface area (Å²) in [7, 11) is 14.2. The van der Waals surface area contributed by atoms with Crippen molar-refractivity contribution >= 4 is 23.8 Å². The summed E-state index contributed by atoms with van der Waals surface area (Å²) >= 11 is 0. The topological polar surface area (TPSA) is 76.1 Å². The summed E-state index contributed by atoms with van der Waals surface area (Å²) in [5.74, 6) is 0. The Morgan fingerprint density at radius 1 is 0.917 bits per heavy atom. The van der Waals surface area contributed by atoms with Gasteiger partial charge in [0.2, 0.25) is 0 Å². The van der Waals surface area contributed by atoms with E-state index in [9.17, 15) is 0 Å². The van der Waals surface area contributed by atoms with Gasteiger partial charge in [0.25, 0.3) is 0 Å². The number of rotatable bonds is 4. The van der Waals surface area contributed by atoms with Crippen LogP contribution in [-0.4, -0.2) is 50.0 Å². The number of nitrogens with two attached hydrogens (primary N) is 2. The minimum absolute atomic E-state index is 0.597. The van der Waals surface area contributed by atoms with Crippen molar-refractivity contribution in [3.05, 3.63) is 0 Å². The maximum Gasteiger partial charge on any atom is 0.177 e. The summed E-state index contributed by atoms with van der Waals surface area (Å²) < 4.78 is 0. The van der Waals surface area contributed by atoms with Crippen molar-refractivity contribution in [2.45, 2.75) is 6.82 Å². The normalized spacial score (nSPS) is 7.25. The van der Waals surface area contributed by atoms with Crippen molar-refractivity contribution in [1.82, 2.24) is 10.5 Å². The first-order valence-corrected chi connectivity index (χ1v) is 3.68. The fourth-order valence-corrected chi connectivity index (χ4v) is 0.144. The molecule has 0 aromatic carbocycles. The Balaban J connectivity index is -0.000000118. The molecule has 0 amide bonds. The second-order valence-electron chi connectivity index (χ2n) is 1.49. The summed E-state index contributed by atoms with van der Waals surface area (Å²) in [6, 6.07) is 0. The molecule has 0 bridgehead atoms. The Bertz CT molecular complexity index is 43.7. The van der Waals surface area contributed by atoms with Gasteiger partial charge >= 0.3 is 0 Å². The highest BCUT2D eigenvalue weighted by Gasteiger charge is 1.71. The van der Waals surface area contributed by atoms with E-state index in [0.29, 0.717) is 26.2 Å². The van der Waals surface area contributed by atoms with E-state index in [1.54, 1.807) is 0 Å². The molecule has 0 atom stereocenters. The average Bonchev–Trinajstić information content (AvgIpc) is 2.18. The van der Waals surface area contributed by atoms with Gasteiger partial charge in [-0.3, -0.25) is 0 Å². The van der Waals surface area contributed by atoms with Crippen LogP contribution in [0.25, 0.3) is 0 Å². The zero-order valence-electron chi connectivity index (χ0n) is 7.72. The van der Waals surface area contributed by atoms with Crippen LogP contribution in [0.4, 0.5) is 0 Å². The SMILES string of the molecule is NCCN.[B]C.[B]NCCN[B]. The van der Waals surface area contributed by atoms with Gasteiger partial charge in [0.1, 0.15) is 0 Å². The molecular formula is C5H17B3N4. The molecule has 4 nitrogen and oxygen atoms in total. The maximum absolute atomic E-state index is 4.90. The van der Waals surface area contributed by atoms with Crippen molar-refractivity contribution < 1.29 is 0 Å². The van der Waals surface area contributed by atoms with E-state index in [4.69, 9.17) is 27.4 Å². The van der Waals surface area contributed by atoms with Crippen molar-refractivity contribution in [2.75, 3.05) is 26.2 Å². The predicted octanol–water partition coefficient (Wildman–Crippen LogP) is -2.56. The smallest absolute Gasteiger partial charge is 0.177 e. The monoisotopic (exact) mass is 166 g/mol. The van der Waals surface area contributed by atoms with Crippen LogP contribution in [0.15, 0.2) is 0 Å². The van der Waals surface area contributed by atoms with Crippen molar-refractivity contribution in [3.63, 3.8) is 0 Å². The lowest BCUT2D eigenvalue weighted by Gasteiger charge is -1.93. The molecule has 6 N–H and O–H groups in total. The zero-order valence-corrected chi connectivity index (χ0v) is 7.72. The third kappa shape index (κ3) is 50.3. The molecule has 12 heavy (non-hydrogen) atoms. The summed E-state index contributed by atoms with van der Waals surface area (Å²) in [6.45, 7) is 4.10. The summed E-state index contributed by atoms with van der Waals surface area (Å²) in [5.41, 5.74) is 9.81. The van der Waals surface area contributed by atoms with E-state index in [-0.39, 0.29) is 0 Å². The molecule has 0 aliphatic rings. The van der Waals surface area contributed by atoms with E-state index >= 15 is 0 Å². The van der Waals surface area contributed by atoms with Gasteiger partial charge in [0.15, 0.2) is 16.0 Å². The van der Waals surface area contributed by atoms with E-state index in [0.717, 1.165) is 0 Å². The van der Waals surface area contributed by atoms with Crippen LogP contribution in [0.2, 0.25) is 6.82 Å². The van der Waals surface area contributed by atoms with Crippen LogP contribution in [0, 0.1) is 0 Å². The fraction of sp³-hybridized carbons (Fsp3) is 1.00. The summed E-state index contributed by atoms with van der Waals surface area (Å²) in [4.78, 5) is 0. The maximum atomic E-state index is 4.90. The molecule has 66 valence electrons. The van der Waals surface area contributed by atoms with E-state index in [1.807, 2.05) is 0 Å². The van der Waals surface area contributed by atoms with Gasteiger partial charge in [-0.25, -0.2) is 0 Å². The van der Waals surface area contributed by atoms with Gasteiger partial charge in [-0.05, 0) is 13.1 Å². The third-order valence-electron chi connectivity index (χ3n) is 0.580. The van der Waals surface area contributed by atoms with Gasteiger partial charge in [-0.1, -0.05) is 6.82 Å². The lowest BCUT2D eigenvalue weighted by molar-refractivity contribution is 0.856. The highest BCUT2D eigenvalue weighted by molar-refractivity contribution is 6.05. The first-order chi connectivity index (χ1) is 5.83.